The lowest BCUT2D eigenvalue weighted by Gasteiger charge is -2.33. The highest BCUT2D eigenvalue weighted by molar-refractivity contribution is 5.87. The highest BCUT2D eigenvalue weighted by Crippen LogP contribution is 2.24. The molecule has 1 heterocycles. The molecule has 2 N–H and O–H groups in total. The number of amides is 1. The Labute approximate surface area is 193 Å². The first kappa shape index (κ1) is 23.7. The Morgan fingerprint density at radius 1 is 1.12 bits per heavy atom. The van der Waals surface area contributed by atoms with E-state index in [-0.39, 0.29) is 42.6 Å². The molecule has 0 aliphatic carbocycles. The Hall–Kier alpha value is -2.93. The fourth-order valence-corrected chi connectivity index (χ4v) is 3.98. The minimum atomic E-state index is -0.958. The summed E-state index contributed by atoms with van der Waals surface area (Å²) in [6.07, 6.45) is -0.103. The Morgan fingerprint density at radius 2 is 1.84 bits per heavy atom. The van der Waals surface area contributed by atoms with Gasteiger partial charge in [0.1, 0.15) is 6.61 Å². The van der Waals surface area contributed by atoms with Crippen LogP contribution in [0.25, 0.3) is 10.8 Å². The Balaban J connectivity index is 0.00000289. The Bertz CT molecular complexity index is 1080. The third-order valence-corrected chi connectivity index (χ3v) is 5.74. The first-order valence-electron chi connectivity index (χ1n) is 10.4. The van der Waals surface area contributed by atoms with Gasteiger partial charge in [0.25, 0.3) is 0 Å². The number of nitrogens with one attached hydrogen (secondary N) is 1. The molecule has 1 aliphatic heterocycles. The van der Waals surface area contributed by atoms with E-state index in [0.29, 0.717) is 19.6 Å². The van der Waals surface area contributed by atoms with Crippen LogP contribution in [0.5, 0.6) is 0 Å². The molecule has 1 aliphatic rings. The summed E-state index contributed by atoms with van der Waals surface area (Å²) in [6.45, 7) is 3.76. The average Bonchev–Trinajstić information content (AvgIpc) is 2.79. The van der Waals surface area contributed by atoms with Gasteiger partial charge in [-0.25, -0.2) is 4.79 Å². The summed E-state index contributed by atoms with van der Waals surface area (Å²) in [4.78, 5) is 25.1. The summed E-state index contributed by atoms with van der Waals surface area (Å²) < 4.78 is 5.75. The zero-order valence-corrected chi connectivity index (χ0v) is 18.7. The summed E-state index contributed by atoms with van der Waals surface area (Å²) in [5, 5.41) is 15.0. The van der Waals surface area contributed by atoms with E-state index >= 15 is 0 Å². The number of carbonyl (C=O) groups excluding carboxylic acids is 1. The van der Waals surface area contributed by atoms with Crippen molar-refractivity contribution in [2.75, 3.05) is 19.7 Å². The molecule has 0 spiro atoms. The number of rotatable bonds is 7. The van der Waals surface area contributed by atoms with Crippen molar-refractivity contribution in [2.45, 2.75) is 25.6 Å². The smallest absolute Gasteiger partial charge is 0.335 e. The van der Waals surface area contributed by atoms with Crippen LogP contribution in [-0.2, 0) is 16.1 Å². The molecule has 0 radical (unpaired) electrons. The van der Waals surface area contributed by atoms with Gasteiger partial charge in [-0.05, 0) is 41.0 Å². The van der Waals surface area contributed by atoms with Crippen LogP contribution in [0.3, 0.4) is 0 Å². The highest BCUT2D eigenvalue weighted by Gasteiger charge is 2.26. The predicted molar refractivity (Wildman–Crippen MR) is 126 cm³/mol. The molecular weight excluding hydrogens is 428 g/mol. The first-order valence-corrected chi connectivity index (χ1v) is 10.4. The monoisotopic (exact) mass is 454 g/mol. The van der Waals surface area contributed by atoms with Crippen LogP contribution in [0.4, 0.5) is 0 Å². The van der Waals surface area contributed by atoms with Crippen LogP contribution in [0.2, 0.25) is 0 Å². The summed E-state index contributed by atoms with van der Waals surface area (Å²) in [5.41, 5.74) is 2.37. The number of benzene rings is 3. The van der Waals surface area contributed by atoms with E-state index in [0.717, 1.165) is 5.56 Å². The van der Waals surface area contributed by atoms with Crippen molar-refractivity contribution in [2.24, 2.45) is 0 Å². The van der Waals surface area contributed by atoms with Gasteiger partial charge in [0.15, 0.2) is 0 Å². The van der Waals surface area contributed by atoms with E-state index in [4.69, 9.17) is 9.84 Å². The number of ether oxygens (including phenoxy) is 1. The zero-order chi connectivity index (χ0) is 21.8. The van der Waals surface area contributed by atoms with Gasteiger partial charge >= 0.3 is 5.97 Å². The largest absolute Gasteiger partial charge is 0.478 e. The summed E-state index contributed by atoms with van der Waals surface area (Å²) in [6, 6.07) is 21.4. The number of carboxylic acids is 1. The number of carbonyl (C=O) groups is 2. The van der Waals surface area contributed by atoms with Crippen LogP contribution >= 0.6 is 12.4 Å². The van der Waals surface area contributed by atoms with Gasteiger partial charge in [0.2, 0.25) is 5.91 Å². The van der Waals surface area contributed by atoms with Crippen LogP contribution in [0, 0.1) is 0 Å². The molecule has 1 saturated heterocycles. The van der Waals surface area contributed by atoms with Crippen molar-refractivity contribution < 1.29 is 19.4 Å². The van der Waals surface area contributed by atoms with Gasteiger partial charge < -0.3 is 20.1 Å². The third kappa shape index (κ3) is 5.46. The molecule has 0 aromatic heterocycles. The summed E-state index contributed by atoms with van der Waals surface area (Å²) >= 11 is 0. The molecule has 3 aromatic rings. The number of morpholine rings is 1. The second-order valence-electron chi connectivity index (χ2n) is 7.91. The molecule has 3 aromatic carbocycles. The zero-order valence-electron chi connectivity index (χ0n) is 17.9. The van der Waals surface area contributed by atoms with Crippen LogP contribution in [0.1, 0.15) is 34.5 Å². The van der Waals surface area contributed by atoms with Gasteiger partial charge in [-0.15, -0.1) is 12.4 Å². The van der Waals surface area contributed by atoms with Crippen molar-refractivity contribution in [1.29, 1.82) is 0 Å². The van der Waals surface area contributed by atoms with Crippen molar-refractivity contribution in [3.05, 3.63) is 83.4 Å². The maximum Gasteiger partial charge on any atom is 0.335 e. The average molecular weight is 455 g/mol. The summed E-state index contributed by atoms with van der Waals surface area (Å²) in [5.74, 6) is -1.01. The number of fused-ring (bicyclic) bond motifs is 1. The van der Waals surface area contributed by atoms with Crippen molar-refractivity contribution in [1.82, 2.24) is 10.2 Å². The van der Waals surface area contributed by atoms with E-state index in [9.17, 15) is 9.59 Å². The van der Waals surface area contributed by atoms with Gasteiger partial charge in [0.05, 0.1) is 11.7 Å². The minimum Gasteiger partial charge on any atom is -0.478 e. The molecule has 168 valence electrons. The van der Waals surface area contributed by atoms with Crippen molar-refractivity contribution in [3.63, 3.8) is 0 Å². The normalized spacial score (nSPS) is 17.1. The van der Waals surface area contributed by atoms with E-state index in [2.05, 4.69) is 48.6 Å². The number of hydrogen-bond donors (Lipinski definition) is 2. The molecule has 6 nitrogen and oxygen atoms in total. The lowest BCUT2D eigenvalue weighted by Crippen LogP contribution is -2.49. The standard InChI is InChI=1S/C25H26N2O4.ClH/c1-17(22-8-4-6-19-5-2-3-7-23(19)22)26-13-21-15-27(24(28)16-31-21)14-18-9-11-20(12-10-18)25(29)30;/h2-12,17,21,26H,13-16H2,1H3,(H,29,30);1H/t17-,21?;/m1./s1. The number of hydrogen-bond acceptors (Lipinski definition) is 4. The molecular formula is C25H27ClN2O4. The number of carboxylic acid groups (broad SMARTS) is 1. The Kier molecular flexibility index (Phi) is 7.85. The predicted octanol–water partition coefficient (Wildman–Crippen LogP) is 4.04. The van der Waals surface area contributed by atoms with Crippen LogP contribution < -0.4 is 5.32 Å². The van der Waals surface area contributed by atoms with Gasteiger partial charge in [0, 0.05) is 25.7 Å². The third-order valence-electron chi connectivity index (χ3n) is 5.74. The van der Waals surface area contributed by atoms with E-state index in [1.165, 1.54) is 16.3 Å². The molecule has 1 amide bonds. The maximum atomic E-state index is 12.3. The van der Waals surface area contributed by atoms with Gasteiger partial charge in [-0.2, -0.15) is 0 Å². The molecule has 4 rings (SSSR count). The number of halogens is 1. The lowest BCUT2D eigenvalue weighted by atomic mass is 9.99. The Morgan fingerprint density at radius 3 is 2.59 bits per heavy atom. The molecule has 32 heavy (non-hydrogen) atoms. The maximum absolute atomic E-state index is 12.3. The molecule has 7 heteroatoms. The second-order valence-corrected chi connectivity index (χ2v) is 7.91. The number of nitrogens with zero attached hydrogens (tertiary/aromatic N) is 1. The minimum absolute atomic E-state index is 0. The van der Waals surface area contributed by atoms with Gasteiger partial charge in [-0.3, -0.25) is 4.79 Å². The quantitative estimate of drug-likeness (QED) is 0.563. The second kappa shape index (κ2) is 10.6. The topological polar surface area (TPSA) is 78.9 Å². The molecule has 1 unspecified atom stereocenters. The fraction of sp³-hybridized carbons (Fsp3) is 0.280. The van der Waals surface area contributed by atoms with E-state index < -0.39 is 5.97 Å². The lowest BCUT2D eigenvalue weighted by molar-refractivity contribution is -0.149. The molecule has 2 atom stereocenters. The molecule has 0 bridgehead atoms. The highest BCUT2D eigenvalue weighted by atomic mass is 35.5. The first-order chi connectivity index (χ1) is 15.0. The van der Waals surface area contributed by atoms with E-state index in [1.807, 2.05) is 6.07 Å². The van der Waals surface area contributed by atoms with Crippen molar-refractivity contribution >= 4 is 35.1 Å². The number of aromatic carboxylic acids is 1. The van der Waals surface area contributed by atoms with Gasteiger partial charge in [-0.1, -0.05) is 54.6 Å². The van der Waals surface area contributed by atoms with E-state index in [1.54, 1.807) is 29.2 Å². The summed E-state index contributed by atoms with van der Waals surface area (Å²) in [7, 11) is 0. The molecule has 0 saturated carbocycles. The molecule has 1 fully saturated rings. The fourth-order valence-electron chi connectivity index (χ4n) is 3.98. The SMILES string of the molecule is C[C@@H](NCC1CN(Cc2ccc(C(=O)O)cc2)C(=O)CO1)c1cccc2ccccc12.Cl. The van der Waals surface area contributed by atoms with Crippen LogP contribution in [-0.4, -0.2) is 47.7 Å². The van der Waals surface area contributed by atoms with Crippen LogP contribution in [0.15, 0.2) is 66.7 Å². The van der Waals surface area contributed by atoms with Crippen molar-refractivity contribution in [3.8, 4) is 0 Å².